The lowest BCUT2D eigenvalue weighted by molar-refractivity contribution is 0.185. The van der Waals surface area contributed by atoms with Gasteiger partial charge in [0.25, 0.3) is 0 Å². The van der Waals surface area contributed by atoms with E-state index in [1.54, 1.807) is 13.2 Å². The zero-order chi connectivity index (χ0) is 16.1. The minimum Gasteiger partial charge on any atom is -0.380 e. The summed E-state index contributed by atoms with van der Waals surface area (Å²) in [5, 5.41) is 0. The van der Waals surface area contributed by atoms with Crippen LogP contribution in [0.25, 0.3) is 11.1 Å². The molecule has 0 bridgehead atoms. The second-order valence-electron chi connectivity index (χ2n) is 5.14. The highest BCUT2D eigenvalue weighted by Crippen LogP contribution is 2.32. The summed E-state index contributed by atoms with van der Waals surface area (Å²) in [4.78, 5) is 0. The molecule has 0 radical (unpaired) electrons. The van der Waals surface area contributed by atoms with Crippen molar-refractivity contribution in [2.45, 2.75) is 25.1 Å². The Morgan fingerprint density at radius 2 is 1.55 bits per heavy atom. The Hall–Kier alpha value is -0.380. The van der Waals surface area contributed by atoms with E-state index in [2.05, 4.69) is 33.8 Å². The van der Waals surface area contributed by atoms with Gasteiger partial charge in [0, 0.05) is 12.7 Å². The first-order chi connectivity index (χ1) is 10.6. The topological polar surface area (TPSA) is 9.23 Å². The monoisotopic (exact) mass is 354 g/mol. The van der Waals surface area contributed by atoms with E-state index >= 15 is 0 Å². The second kappa shape index (κ2) is 8.47. The number of hydrogen-bond donors (Lipinski definition) is 0. The van der Waals surface area contributed by atoms with Gasteiger partial charge in [-0.1, -0.05) is 18.2 Å². The van der Waals surface area contributed by atoms with Crippen LogP contribution >= 0.6 is 27.7 Å². The standard InChI is InChI=1S/C17H22FOP3/c1-19-7-12-4-11(8-20)2-3-15(12)16-5-13(9-21)14(10-22)6-17(16)18/h2-6H,7-10,20-22H2,1H3. The normalized spacial score (nSPS) is 11.0. The minimum absolute atomic E-state index is 0.171. The van der Waals surface area contributed by atoms with Crippen molar-refractivity contribution in [2.75, 3.05) is 7.11 Å². The molecular formula is C17H22FOP3. The number of benzene rings is 2. The summed E-state index contributed by atoms with van der Waals surface area (Å²) >= 11 is 0. The number of hydrogen-bond acceptors (Lipinski definition) is 1. The fraction of sp³-hybridized carbons (Fsp3) is 0.294. The van der Waals surface area contributed by atoms with Crippen LogP contribution in [0.15, 0.2) is 30.3 Å². The van der Waals surface area contributed by atoms with Crippen molar-refractivity contribution in [1.29, 1.82) is 0 Å². The zero-order valence-corrected chi connectivity index (χ0v) is 16.2. The Kier molecular flexibility index (Phi) is 6.91. The lowest BCUT2D eigenvalue weighted by atomic mass is 9.95. The number of ether oxygens (including phenoxy) is 1. The summed E-state index contributed by atoms with van der Waals surface area (Å²) in [5.74, 6) is -0.171. The molecule has 0 aromatic heterocycles. The molecule has 0 fully saturated rings. The number of methoxy groups -OCH3 is 1. The van der Waals surface area contributed by atoms with Gasteiger partial charge in [-0.25, -0.2) is 4.39 Å². The number of rotatable bonds is 6. The van der Waals surface area contributed by atoms with Crippen LogP contribution in [0.1, 0.15) is 22.3 Å². The summed E-state index contributed by atoms with van der Waals surface area (Å²) in [6.45, 7) is 0.481. The van der Waals surface area contributed by atoms with Gasteiger partial charge >= 0.3 is 0 Å². The van der Waals surface area contributed by atoms with E-state index in [9.17, 15) is 4.39 Å². The fourth-order valence-electron chi connectivity index (χ4n) is 2.56. The van der Waals surface area contributed by atoms with Crippen molar-refractivity contribution in [3.63, 3.8) is 0 Å². The van der Waals surface area contributed by atoms with Gasteiger partial charge in [0.05, 0.1) is 6.61 Å². The molecule has 2 aromatic carbocycles. The first-order valence-corrected chi connectivity index (χ1v) is 9.62. The molecule has 2 aromatic rings. The largest absolute Gasteiger partial charge is 0.380 e. The third-order valence-corrected chi connectivity index (χ3v) is 5.08. The molecule has 0 saturated heterocycles. The minimum atomic E-state index is -0.171. The average molecular weight is 354 g/mol. The van der Waals surface area contributed by atoms with Crippen LogP contribution in [0.5, 0.6) is 0 Å². The third kappa shape index (κ3) is 3.93. The molecule has 0 saturated carbocycles. The molecule has 22 heavy (non-hydrogen) atoms. The molecule has 5 heteroatoms. The second-order valence-corrected chi connectivity index (χ2v) is 6.36. The van der Waals surface area contributed by atoms with Crippen molar-refractivity contribution in [3.05, 3.63) is 58.4 Å². The molecule has 0 heterocycles. The third-order valence-electron chi connectivity index (χ3n) is 3.72. The molecule has 1 nitrogen and oxygen atoms in total. The van der Waals surface area contributed by atoms with E-state index in [-0.39, 0.29) is 5.82 Å². The van der Waals surface area contributed by atoms with Crippen molar-refractivity contribution in [1.82, 2.24) is 0 Å². The van der Waals surface area contributed by atoms with Gasteiger partial charge in [0.2, 0.25) is 0 Å². The molecule has 0 amide bonds. The highest BCUT2D eigenvalue weighted by molar-refractivity contribution is 7.16. The molecule has 0 aliphatic carbocycles. The van der Waals surface area contributed by atoms with Gasteiger partial charge in [-0.15, -0.1) is 27.7 Å². The zero-order valence-electron chi connectivity index (χ0n) is 12.7. The summed E-state index contributed by atoms with van der Waals surface area (Å²) in [7, 11) is 9.77. The van der Waals surface area contributed by atoms with Crippen molar-refractivity contribution < 1.29 is 9.13 Å². The van der Waals surface area contributed by atoms with Gasteiger partial charge in [-0.2, -0.15) is 0 Å². The van der Waals surface area contributed by atoms with Crippen LogP contribution in [0, 0.1) is 5.82 Å². The van der Waals surface area contributed by atoms with Crippen LogP contribution < -0.4 is 0 Å². The van der Waals surface area contributed by atoms with Gasteiger partial charge in [-0.05, 0) is 58.4 Å². The average Bonchev–Trinajstić information content (AvgIpc) is 2.55. The van der Waals surface area contributed by atoms with Crippen LogP contribution in [-0.4, -0.2) is 7.11 Å². The van der Waals surface area contributed by atoms with Crippen LogP contribution in [0.2, 0.25) is 0 Å². The first kappa shape index (κ1) is 18.0. The molecular weight excluding hydrogens is 332 g/mol. The van der Waals surface area contributed by atoms with Gasteiger partial charge < -0.3 is 4.74 Å². The SMILES string of the molecule is COCc1cc(CP)ccc1-c1cc(CP)c(CP)cc1F. The molecule has 2 rings (SSSR count). The smallest absolute Gasteiger partial charge is 0.131 e. The maximum atomic E-state index is 14.6. The van der Waals surface area contributed by atoms with Gasteiger partial charge in [0.1, 0.15) is 5.82 Å². The lowest BCUT2D eigenvalue weighted by Gasteiger charge is -2.15. The fourth-order valence-corrected chi connectivity index (χ4v) is 3.57. The van der Waals surface area contributed by atoms with Gasteiger partial charge in [-0.3, -0.25) is 0 Å². The Morgan fingerprint density at radius 1 is 0.864 bits per heavy atom. The van der Waals surface area contributed by atoms with Crippen LogP contribution in [0.3, 0.4) is 0 Å². The summed E-state index contributed by atoms with van der Waals surface area (Å²) in [5.41, 5.74) is 5.99. The summed E-state index contributed by atoms with van der Waals surface area (Å²) in [6.07, 6.45) is 2.46. The van der Waals surface area contributed by atoms with Gasteiger partial charge in [0.15, 0.2) is 0 Å². The maximum absolute atomic E-state index is 14.6. The lowest BCUT2D eigenvalue weighted by Crippen LogP contribution is -1.98. The Morgan fingerprint density at radius 3 is 2.14 bits per heavy atom. The predicted octanol–water partition coefficient (Wildman–Crippen LogP) is 4.76. The van der Waals surface area contributed by atoms with Crippen LogP contribution in [-0.2, 0) is 29.8 Å². The Balaban J connectivity index is 2.60. The molecule has 0 spiro atoms. The maximum Gasteiger partial charge on any atom is 0.131 e. The van der Waals surface area contributed by atoms with Crippen molar-refractivity contribution >= 4 is 27.7 Å². The Labute approximate surface area is 139 Å². The predicted molar refractivity (Wildman–Crippen MR) is 103 cm³/mol. The number of halogens is 1. The van der Waals surface area contributed by atoms with Crippen molar-refractivity contribution in [3.8, 4) is 11.1 Å². The quantitative estimate of drug-likeness (QED) is 0.680. The first-order valence-electron chi connectivity index (χ1n) is 7.17. The van der Waals surface area contributed by atoms with E-state index < -0.39 is 0 Å². The molecule has 118 valence electrons. The van der Waals surface area contributed by atoms with E-state index in [0.29, 0.717) is 12.2 Å². The van der Waals surface area contributed by atoms with E-state index in [4.69, 9.17) is 4.74 Å². The molecule has 3 unspecified atom stereocenters. The molecule has 0 aliphatic rings. The van der Waals surface area contributed by atoms with E-state index in [0.717, 1.165) is 40.7 Å². The molecule has 0 aliphatic heterocycles. The Bertz CT molecular complexity index is 659. The summed E-state index contributed by atoms with van der Waals surface area (Å²) in [6, 6.07) is 9.76. The van der Waals surface area contributed by atoms with E-state index in [1.807, 2.05) is 18.2 Å². The highest BCUT2D eigenvalue weighted by Gasteiger charge is 2.13. The highest BCUT2D eigenvalue weighted by atomic mass is 31.0. The molecule has 0 N–H and O–H groups in total. The van der Waals surface area contributed by atoms with Crippen molar-refractivity contribution in [2.24, 2.45) is 0 Å². The molecule has 3 atom stereocenters. The van der Waals surface area contributed by atoms with Crippen LogP contribution in [0.4, 0.5) is 4.39 Å². The van der Waals surface area contributed by atoms with E-state index in [1.165, 1.54) is 5.56 Å². The summed E-state index contributed by atoms with van der Waals surface area (Å²) < 4.78 is 19.9.